The molecule has 0 radical (unpaired) electrons. The number of rotatable bonds is 5. The zero-order valence-corrected chi connectivity index (χ0v) is 15.5. The minimum Gasteiger partial charge on any atom is -0.384 e. The second-order valence-electron chi connectivity index (χ2n) is 5.75. The number of piperidine rings is 1. The van der Waals surface area contributed by atoms with E-state index in [4.69, 9.17) is 4.74 Å². The number of hydrogen-bond acceptors (Lipinski definition) is 3. The fourth-order valence-corrected chi connectivity index (χ4v) is 3.21. The molecule has 0 atom stereocenters. The van der Waals surface area contributed by atoms with Gasteiger partial charge in [-0.2, -0.15) is 0 Å². The zero-order valence-electron chi connectivity index (χ0n) is 13.1. The topological polar surface area (TPSA) is 41.6 Å². The van der Waals surface area contributed by atoms with Crippen LogP contribution in [0.1, 0.15) is 18.4 Å². The Morgan fingerprint density at radius 2 is 1.91 bits per heavy atom. The maximum Gasteiger partial charge on any atom is 0.231 e. The van der Waals surface area contributed by atoms with Crippen molar-refractivity contribution in [2.24, 2.45) is 5.41 Å². The number of halogens is 2. The van der Waals surface area contributed by atoms with E-state index in [2.05, 4.69) is 21.2 Å². The second-order valence-corrected chi connectivity index (χ2v) is 6.67. The van der Waals surface area contributed by atoms with Gasteiger partial charge in [-0.1, -0.05) is 28.1 Å². The Balaban J connectivity index is 0.00000242. The summed E-state index contributed by atoms with van der Waals surface area (Å²) < 4.78 is 6.39. The molecule has 124 valence electrons. The van der Waals surface area contributed by atoms with Crippen molar-refractivity contribution in [1.82, 2.24) is 10.2 Å². The molecule has 1 aromatic rings. The molecule has 0 spiro atoms. The monoisotopic (exact) mass is 390 g/mol. The maximum absolute atomic E-state index is 12.9. The fourth-order valence-electron chi connectivity index (χ4n) is 2.94. The van der Waals surface area contributed by atoms with Gasteiger partial charge in [-0.3, -0.25) is 4.79 Å². The van der Waals surface area contributed by atoms with E-state index in [-0.39, 0.29) is 23.7 Å². The minimum absolute atomic E-state index is 0. The number of nitrogens with one attached hydrogen (secondary N) is 1. The molecule has 1 amide bonds. The van der Waals surface area contributed by atoms with Gasteiger partial charge in [0.2, 0.25) is 5.91 Å². The Morgan fingerprint density at radius 3 is 2.45 bits per heavy atom. The molecule has 22 heavy (non-hydrogen) atoms. The van der Waals surface area contributed by atoms with E-state index in [0.29, 0.717) is 13.2 Å². The van der Waals surface area contributed by atoms with E-state index in [1.54, 1.807) is 7.11 Å². The van der Waals surface area contributed by atoms with Crippen LogP contribution in [-0.4, -0.2) is 44.7 Å². The number of methoxy groups -OCH3 is 1. The largest absolute Gasteiger partial charge is 0.384 e. The molecule has 1 fully saturated rings. The van der Waals surface area contributed by atoms with E-state index >= 15 is 0 Å². The van der Waals surface area contributed by atoms with Crippen molar-refractivity contribution < 1.29 is 9.53 Å². The Labute approximate surface area is 147 Å². The highest BCUT2D eigenvalue weighted by Gasteiger charge is 2.41. The molecule has 0 aliphatic carbocycles. The Kier molecular flexibility index (Phi) is 7.83. The van der Waals surface area contributed by atoms with Crippen LogP contribution in [0.4, 0.5) is 0 Å². The van der Waals surface area contributed by atoms with Crippen LogP contribution in [0.5, 0.6) is 0 Å². The van der Waals surface area contributed by atoms with E-state index in [1.807, 2.05) is 36.2 Å². The molecule has 1 aliphatic rings. The van der Waals surface area contributed by atoms with Gasteiger partial charge >= 0.3 is 0 Å². The maximum atomic E-state index is 12.9. The summed E-state index contributed by atoms with van der Waals surface area (Å²) in [6, 6.07) is 8.09. The molecule has 2 rings (SSSR count). The van der Waals surface area contributed by atoms with Crippen molar-refractivity contribution in [3.63, 3.8) is 0 Å². The third kappa shape index (κ3) is 4.69. The normalized spacial score (nSPS) is 16.7. The molecule has 1 N–H and O–H groups in total. The van der Waals surface area contributed by atoms with Crippen LogP contribution in [0.25, 0.3) is 0 Å². The summed E-state index contributed by atoms with van der Waals surface area (Å²) in [7, 11) is 3.55. The lowest BCUT2D eigenvalue weighted by molar-refractivity contribution is -0.146. The molecular weight excluding hydrogens is 368 g/mol. The van der Waals surface area contributed by atoms with Gasteiger partial charge in [0.25, 0.3) is 0 Å². The number of ether oxygens (including phenoxy) is 1. The van der Waals surface area contributed by atoms with Gasteiger partial charge in [0.15, 0.2) is 0 Å². The van der Waals surface area contributed by atoms with Gasteiger partial charge in [0, 0.05) is 25.2 Å². The molecule has 0 saturated carbocycles. The molecule has 6 heteroatoms. The zero-order chi connectivity index (χ0) is 15.3. The average Bonchev–Trinajstić information content (AvgIpc) is 2.50. The predicted octanol–water partition coefficient (Wildman–Crippen LogP) is 2.85. The molecule has 4 nitrogen and oxygen atoms in total. The molecular formula is C16H24BrClN2O2. The van der Waals surface area contributed by atoms with Crippen LogP contribution in [0.3, 0.4) is 0 Å². The number of carbonyl (C=O) groups is 1. The third-order valence-corrected chi connectivity index (χ3v) is 4.64. The van der Waals surface area contributed by atoms with E-state index in [0.717, 1.165) is 36.0 Å². The molecule has 0 unspecified atom stereocenters. The third-order valence-electron chi connectivity index (χ3n) is 4.11. The molecule has 1 aliphatic heterocycles. The Bertz CT molecular complexity index is 470. The molecule has 0 aromatic heterocycles. The highest BCUT2D eigenvalue weighted by molar-refractivity contribution is 9.10. The molecule has 1 saturated heterocycles. The number of benzene rings is 1. The van der Waals surface area contributed by atoms with Crippen molar-refractivity contribution >= 4 is 34.2 Å². The van der Waals surface area contributed by atoms with Crippen molar-refractivity contribution in [3.8, 4) is 0 Å². The molecule has 1 aromatic carbocycles. The first-order valence-electron chi connectivity index (χ1n) is 7.27. The van der Waals surface area contributed by atoms with Crippen molar-refractivity contribution in [3.05, 3.63) is 34.3 Å². The van der Waals surface area contributed by atoms with Gasteiger partial charge in [0.05, 0.1) is 12.0 Å². The van der Waals surface area contributed by atoms with E-state index in [1.165, 1.54) is 0 Å². The fraction of sp³-hybridized carbons (Fsp3) is 0.562. The van der Waals surface area contributed by atoms with Crippen molar-refractivity contribution in [1.29, 1.82) is 0 Å². The summed E-state index contributed by atoms with van der Waals surface area (Å²) in [4.78, 5) is 14.7. The highest BCUT2D eigenvalue weighted by atomic mass is 79.9. The first-order valence-corrected chi connectivity index (χ1v) is 8.06. The molecule has 0 bridgehead atoms. The van der Waals surface area contributed by atoms with Gasteiger partial charge in [-0.25, -0.2) is 0 Å². The SMILES string of the molecule is COCC1(C(=O)N(C)Cc2ccc(Br)cc2)CCNCC1.Cl. The van der Waals surface area contributed by atoms with Crippen LogP contribution in [0, 0.1) is 5.41 Å². The lowest BCUT2D eigenvalue weighted by Gasteiger charge is -2.38. The summed E-state index contributed by atoms with van der Waals surface area (Å²) in [5.74, 6) is 0.189. The van der Waals surface area contributed by atoms with E-state index < -0.39 is 0 Å². The van der Waals surface area contributed by atoms with Crippen LogP contribution in [0.2, 0.25) is 0 Å². The lowest BCUT2D eigenvalue weighted by Crippen LogP contribution is -2.50. The molecule has 1 heterocycles. The number of nitrogens with zero attached hydrogens (tertiary/aromatic N) is 1. The number of carbonyl (C=O) groups excluding carboxylic acids is 1. The van der Waals surface area contributed by atoms with Gasteiger partial charge in [-0.15, -0.1) is 12.4 Å². The number of amides is 1. The minimum atomic E-state index is -0.371. The summed E-state index contributed by atoms with van der Waals surface area (Å²) in [5.41, 5.74) is 0.764. The van der Waals surface area contributed by atoms with Crippen molar-refractivity contribution in [2.45, 2.75) is 19.4 Å². The average molecular weight is 392 g/mol. The van der Waals surface area contributed by atoms with Crippen LogP contribution in [0.15, 0.2) is 28.7 Å². The standard InChI is InChI=1S/C16H23BrN2O2.ClH/c1-19(11-13-3-5-14(17)6-4-13)15(20)16(12-21-2)7-9-18-10-8-16;/h3-6,18H,7-12H2,1-2H3;1H. The predicted molar refractivity (Wildman–Crippen MR) is 94.3 cm³/mol. The first kappa shape index (κ1) is 19.4. The Morgan fingerprint density at radius 1 is 1.32 bits per heavy atom. The number of hydrogen-bond donors (Lipinski definition) is 1. The second kappa shape index (κ2) is 8.87. The summed E-state index contributed by atoms with van der Waals surface area (Å²) in [5, 5.41) is 3.32. The smallest absolute Gasteiger partial charge is 0.231 e. The summed E-state index contributed by atoms with van der Waals surface area (Å²) in [6.07, 6.45) is 1.68. The summed E-state index contributed by atoms with van der Waals surface area (Å²) in [6.45, 7) is 2.88. The van der Waals surface area contributed by atoms with Crippen LogP contribution in [-0.2, 0) is 16.1 Å². The summed E-state index contributed by atoms with van der Waals surface area (Å²) >= 11 is 3.43. The van der Waals surface area contributed by atoms with Gasteiger partial charge < -0.3 is 15.0 Å². The lowest BCUT2D eigenvalue weighted by atomic mass is 9.78. The quantitative estimate of drug-likeness (QED) is 0.839. The van der Waals surface area contributed by atoms with E-state index in [9.17, 15) is 4.79 Å². The Hall–Kier alpha value is -0.620. The highest BCUT2D eigenvalue weighted by Crippen LogP contribution is 2.31. The van der Waals surface area contributed by atoms with Crippen molar-refractivity contribution in [2.75, 3.05) is 33.9 Å². The van der Waals surface area contributed by atoms with Crippen LogP contribution >= 0.6 is 28.3 Å². The first-order chi connectivity index (χ1) is 10.1. The van der Waals surface area contributed by atoms with Gasteiger partial charge in [0.1, 0.15) is 0 Å². The van der Waals surface area contributed by atoms with Crippen LogP contribution < -0.4 is 5.32 Å². The van der Waals surface area contributed by atoms with Gasteiger partial charge in [-0.05, 0) is 43.6 Å².